The SMILES string of the molecule is COC(=O)N1CCC(C)(C)CC1. The van der Waals surface area contributed by atoms with E-state index < -0.39 is 0 Å². The van der Waals surface area contributed by atoms with E-state index in [9.17, 15) is 4.79 Å². The monoisotopic (exact) mass is 171 g/mol. The number of piperidine rings is 1. The van der Waals surface area contributed by atoms with E-state index in [1.165, 1.54) is 7.11 Å². The second-order valence-corrected chi connectivity index (χ2v) is 4.12. The van der Waals surface area contributed by atoms with Crippen molar-refractivity contribution in [3.8, 4) is 0 Å². The summed E-state index contributed by atoms with van der Waals surface area (Å²) in [7, 11) is 1.43. The molecule has 0 unspecified atom stereocenters. The largest absolute Gasteiger partial charge is 0.453 e. The van der Waals surface area contributed by atoms with Gasteiger partial charge < -0.3 is 9.64 Å². The average Bonchev–Trinajstić information content (AvgIpc) is 2.03. The molecule has 0 aliphatic carbocycles. The van der Waals surface area contributed by atoms with Crippen LogP contribution in [0.4, 0.5) is 4.79 Å². The summed E-state index contributed by atoms with van der Waals surface area (Å²) < 4.78 is 4.64. The van der Waals surface area contributed by atoms with E-state index in [0.717, 1.165) is 25.9 Å². The molecule has 1 rings (SSSR count). The Morgan fingerprint density at radius 3 is 2.25 bits per heavy atom. The third-order valence-electron chi connectivity index (χ3n) is 2.55. The Bertz CT molecular complexity index is 167. The molecule has 3 heteroatoms. The molecular weight excluding hydrogens is 154 g/mol. The Morgan fingerprint density at radius 1 is 1.33 bits per heavy atom. The van der Waals surface area contributed by atoms with Gasteiger partial charge in [-0.3, -0.25) is 0 Å². The summed E-state index contributed by atoms with van der Waals surface area (Å²) in [4.78, 5) is 12.9. The number of ether oxygens (including phenoxy) is 1. The molecule has 0 saturated carbocycles. The number of nitrogens with zero attached hydrogens (tertiary/aromatic N) is 1. The second-order valence-electron chi connectivity index (χ2n) is 4.12. The fourth-order valence-electron chi connectivity index (χ4n) is 1.42. The molecule has 0 aromatic carbocycles. The van der Waals surface area contributed by atoms with Gasteiger partial charge in [0.15, 0.2) is 0 Å². The van der Waals surface area contributed by atoms with Gasteiger partial charge in [0.05, 0.1) is 7.11 Å². The highest BCUT2D eigenvalue weighted by Gasteiger charge is 2.27. The van der Waals surface area contributed by atoms with Crippen LogP contribution in [-0.4, -0.2) is 31.2 Å². The second kappa shape index (κ2) is 3.33. The Labute approximate surface area is 73.7 Å². The minimum absolute atomic E-state index is 0.189. The lowest BCUT2D eigenvalue weighted by molar-refractivity contribution is 0.0900. The minimum Gasteiger partial charge on any atom is -0.453 e. The molecule has 1 aliphatic rings. The van der Waals surface area contributed by atoms with E-state index >= 15 is 0 Å². The molecule has 0 radical (unpaired) electrons. The molecule has 1 heterocycles. The Hall–Kier alpha value is -0.730. The molecule has 3 nitrogen and oxygen atoms in total. The first kappa shape index (κ1) is 9.36. The molecular formula is C9H17NO2. The Morgan fingerprint density at radius 2 is 1.83 bits per heavy atom. The summed E-state index contributed by atoms with van der Waals surface area (Å²) in [6, 6.07) is 0. The molecule has 0 N–H and O–H groups in total. The molecule has 0 bridgehead atoms. The predicted molar refractivity (Wildman–Crippen MR) is 47.0 cm³/mol. The van der Waals surface area contributed by atoms with Gasteiger partial charge in [-0.2, -0.15) is 0 Å². The molecule has 0 spiro atoms. The lowest BCUT2D eigenvalue weighted by atomic mass is 9.83. The summed E-state index contributed by atoms with van der Waals surface area (Å²) in [6.07, 6.45) is 1.95. The van der Waals surface area contributed by atoms with Crippen molar-refractivity contribution in [2.45, 2.75) is 26.7 Å². The van der Waals surface area contributed by atoms with Crippen LogP contribution in [0.1, 0.15) is 26.7 Å². The van der Waals surface area contributed by atoms with E-state index in [-0.39, 0.29) is 6.09 Å². The number of carbonyl (C=O) groups is 1. The van der Waals surface area contributed by atoms with Crippen LogP contribution in [0.5, 0.6) is 0 Å². The zero-order valence-electron chi connectivity index (χ0n) is 8.09. The van der Waals surface area contributed by atoms with E-state index in [1.807, 2.05) is 0 Å². The number of methoxy groups -OCH3 is 1. The maximum atomic E-state index is 11.1. The molecule has 1 saturated heterocycles. The lowest BCUT2D eigenvalue weighted by Crippen LogP contribution is -2.40. The summed E-state index contributed by atoms with van der Waals surface area (Å²) >= 11 is 0. The van der Waals surface area contributed by atoms with Gasteiger partial charge in [-0.1, -0.05) is 13.8 Å². The predicted octanol–water partition coefficient (Wildman–Crippen LogP) is 1.87. The van der Waals surface area contributed by atoms with Crippen molar-refractivity contribution >= 4 is 6.09 Å². The van der Waals surface area contributed by atoms with Crippen molar-refractivity contribution in [3.63, 3.8) is 0 Å². The van der Waals surface area contributed by atoms with Crippen molar-refractivity contribution < 1.29 is 9.53 Å². The van der Waals surface area contributed by atoms with Crippen LogP contribution < -0.4 is 0 Å². The molecule has 0 aromatic heterocycles. The van der Waals surface area contributed by atoms with Crippen molar-refractivity contribution in [1.29, 1.82) is 0 Å². The molecule has 1 aliphatic heterocycles. The number of hydrogen-bond donors (Lipinski definition) is 0. The highest BCUT2D eigenvalue weighted by molar-refractivity contribution is 5.67. The summed E-state index contributed by atoms with van der Waals surface area (Å²) in [5.74, 6) is 0. The van der Waals surface area contributed by atoms with Crippen molar-refractivity contribution in [2.24, 2.45) is 5.41 Å². The van der Waals surface area contributed by atoms with Crippen LogP contribution in [-0.2, 0) is 4.74 Å². The van der Waals surface area contributed by atoms with Gasteiger partial charge in [0.2, 0.25) is 0 Å². The highest BCUT2D eigenvalue weighted by atomic mass is 16.5. The van der Waals surface area contributed by atoms with Crippen molar-refractivity contribution in [3.05, 3.63) is 0 Å². The van der Waals surface area contributed by atoms with Gasteiger partial charge in [-0.05, 0) is 18.3 Å². The Balaban J connectivity index is 2.41. The third-order valence-corrected chi connectivity index (χ3v) is 2.55. The minimum atomic E-state index is -0.189. The van der Waals surface area contributed by atoms with Gasteiger partial charge in [0, 0.05) is 13.1 Å². The molecule has 12 heavy (non-hydrogen) atoms. The summed E-state index contributed by atoms with van der Waals surface area (Å²) in [6.45, 7) is 6.14. The topological polar surface area (TPSA) is 29.5 Å². The van der Waals surface area contributed by atoms with Crippen LogP contribution in [0.15, 0.2) is 0 Å². The average molecular weight is 171 g/mol. The number of carbonyl (C=O) groups excluding carboxylic acids is 1. The van der Waals surface area contributed by atoms with E-state index in [4.69, 9.17) is 0 Å². The van der Waals surface area contributed by atoms with Gasteiger partial charge in [-0.15, -0.1) is 0 Å². The van der Waals surface area contributed by atoms with Gasteiger partial charge >= 0.3 is 6.09 Å². The smallest absolute Gasteiger partial charge is 0.409 e. The fraction of sp³-hybridized carbons (Fsp3) is 0.889. The first-order valence-electron chi connectivity index (χ1n) is 4.38. The van der Waals surface area contributed by atoms with E-state index in [0.29, 0.717) is 5.41 Å². The van der Waals surface area contributed by atoms with Gasteiger partial charge in [0.25, 0.3) is 0 Å². The molecule has 1 fully saturated rings. The maximum Gasteiger partial charge on any atom is 0.409 e. The molecule has 0 aromatic rings. The molecule has 0 atom stereocenters. The number of amides is 1. The van der Waals surface area contributed by atoms with E-state index in [1.54, 1.807) is 4.90 Å². The van der Waals surface area contributed by atoms with Crippen LogP contribution in [0, 0.1) is 5.41 Å². The third kappa shape index (κ3) is 2.13. The normalized spacial score (nSPS) is 22.1. The van der Waals surface area contributed by atoms with Crippen LogP contribution in [0.25, 0.3) is 0 Å². The summed E-state index contributed by atoms with van der Waals surface area (Å²) in [5.41, 5.74) is 0.393. The van der Waals surface area contributed by atoms with Crippen LogP contribution >= 0.6 is 0 Å². The zero-order chi connectivity index (χ0) is 9.19. The number of rotatable bonds is 0. The number of hydrogen-bond acceptors (Lipinski definition) is 2. The van der Waals surface area contributed by atoms with E-state index in [2.05, 4.69) is 18.6 Å². The Kier molecular flexibility index (Phi) is 2.60. The first-order chi connectivity index (χ1) is 5.55. The fourth-order valence-corrected chi connectivity index (χ4v) is 1.42. The van der Waals surface area contributed by atoms with Crippen molar-refractivity contribution in [1.82, 2.24) is 4.90 Å². The standard InChI is InChI=1S/C9H17NO2/c1-9(2)4-6-10(7-5-9)8(11)12-3/h4-7H2,1-3H3. The van der Waals surface area contributed by atoms with Gasteiger partial charge in [-0.25, -0.2) is 4.79 Å². The maximum absolute atomic E-state index is 11.1. The van der Waals surface area contributed by atoms with Crippen molar-refractivity contribution in [2.75, 3.05) is 20.2 Å². The first-order valence-corrected chi connectivity index (χ1v) is 4.38. The number of likely N-dealkylation sites (tertiary alicyclic amines) is 1. The van der Waals surface area contributed by atoms with Gasteiger partial charge in [0.1, 0.15) is 0 Å². The molecule has 1 amide bonds. The lowest BCUT2D eigenvalue weighted by Gasteiger charge is -2.35. The zero-order valence-corrected chi connectivity index (χ0v) is 8.09. The highest BCUT2D eigenvalue weighted by Crippen LogP contribution is 2.29. The van der Waals surface area contributed by atoms with Crippen LogP contribution in [0.3, 0.4) is 0 Å². The van der Waals surface area contributed by atoms with Crippen LogP contribution in [0.2, 0.25) is 0 Å². The summed E-state index contributed by atoms with van der Waals surface area (Å²) in [5, 5.41) is 0. The molecule has 70 valence electrons. The quantitative estimate of drug-likeness (QED) is 0.557.